The molecule has 4 aromatic carbocycles. The number of alkyl halides is 3. The number of carbonyl (C=O) groups is 1. The van der Waals surface area contributed by atoms with Crippen LogP contribution in [0.4, 0.5) is 30.2 Å². The molecule has 1 fully saturated rings. The van der Waals surface area contributed by atoms with Crippen LogP contribution in [-0.4, -0.2) is 42.2 Å². The molecule has 0 saturated carbocycles. The van der Waals surface area contributed by atoms with E-state index in [1.54, 1.807) is 66.7 Å². The van der Waals surface area contributed by atoms with Crippen molar-refractivity contribution in [2.45, 2.75) is 30.3 Å². The van der Waals surface area contributed by atoms with E-state index < -0.39 is 27.7 Å². The number of hydrogen-bond acceptors (Lipinski definition) is 6. The van der Waals surface area contributed by atoms with Crippen molar-refractivity contribution in [2.75, 3.05) is 28.0 Å². The molecule has 0 aliphatic carbocycles. The summed E-state index contributed by atoms with van der Waals surface area (Å²) in [5, 5.41) is 7.39. The number of sulfonamides is 1. The summed E-state index contributed by atoms with van der Waals surface area (Å²) in [4.78, 5) is 19.9. The summed E-state index contributed by atoms with van der Waals surface area (Å²) in [6.45, 7) is 1.35. The third kappa shape index (κ3) is 7.26. The zero-order valence-corrected chi connectivity index (χ0v) is 26.3. The lowest BCUT2D eigenvalue weighted by Crippen LogP contribution is -2.31. The van der Waals surface area contributed by atoms with Crippen LogP contribution in [0.2, 0.25) is 5.02 Å². The Kier molecular flexibility index (Phi) is 8.93. The Balaban J connectivity index is 1.36. The number of halogens is 4. The molecule has 1 aromatic heterocycles. The molecule has 0 radical (unpaired) electrons. The molecule has 2 heterocycles. The van der Waals surface area contributed by atoms with E-state index in [-0.39, 0.29) is 27.9 Å². The van der Waals surface area contributed by atoms with E-state index in [9.17, 15) is 26.4 Å². The van der Waals surface area contributed by atoms with Crippen LogP contribution >= 0.6 is 11.6 Å². The maximum Gasteiger partial charge on any atom is 0.416 e. The molecule has 5 aromatic rings. The second-order valence-corrected chi connectivity index (χ2v) is 13.0. The van der Waals surface area contributed by atoms with Crippen molar-refractivity contribution < 1.29 is 26.4 Å². The van der Waals surface area contributed by atoms with Crippen molar-refractivity contribution in [1.82, 2.24) is 14.8 Å². The number of aromatic nitrogens is 3. The summed E-state index contributed by atoms with van der Waals surface area (Å²) >= 11 is 5.97. The van der Waals surface area contributed by atoms with E-state index in [2.05, 4.69) is 20.1 Å². The average Bonchev–Trinajstić information content (AvgIpc) is 3.52. The SMILES string of the molecule is O=C(Nc1ccc(N2CCCCC2)c(S(=O)(=O)Nc2ccc(Cl)cc2)c1)c1nc(-c2ccccc2)n(-c2cccc(C(F)(F)F)c2)n1. The lowest BCUT2D eigenvalue weighted by molar-refractivity contribution is -0.137. The second-order valence-electron chi connectivity index (χ2n) is 10.9. The molecule has 0 spiro atoms. The van der Waals surface area contributed by atoms with Crippen LogP contribution in [0.25, 0.3) is 17.1 Å². The molecule has 1 aliphatic rings. The molecule has 1 amide bonds. The Labute approximate surface area is 274 Å². The first kappa shape index (κ1) is 32.1. The summed E-state index contributed by atoms with van der Waals surface area (Å²) in [6, 6.07) is 24.0. The van der Waals surface area contributed by atoms with Gasteiger partial charge in [0.25, 0.3) is 15.9 Å². The van der Waals surface area contributed by atoms with Crippen LogP contribution in [0, 0.1) is 0 Å². The molecular weight excluding hydrogens is 653 g/mol. The number of nitrogens with zero attached hydrogens (tertiary/aromatic N) is 4. The monoisotopic (exact) mass is 680 g/mol. The molecular formula is C33H28ClF3N6O3S. The maximum atomic E-state index is 13.7. The molecule has 0 unspecified atom stereocenters. The third-order valence-corrected chi connectivity index (χ3v) is 9.22. The van der Waals surface area contributed by atoms with Gasteiger partial charge in [0.15, 0.2) is 5.82 Å². The van der Waals surface area contributed by atoms with Gasteiger partial charge in [-0.3, -0.25) is 9.52 Å². The quantitative estimate of drug-likeness (QED) is 0.174. The number of piperidine rings is 1. The van der Waals surface area contributed by atoms with Crippen molar-refractivity contribution in [1.29, 1.82) is 0 Å². The highest BCUT2D eigenvalue weighted by Crippen LogP contribution is 2.33. The van der Waals surface area contributed by atoms with Gasteiger partial charge in [0.1, 0.15) is 4.90 Å². The summed E-state index contributed by atoms with van der Waals surface area (Å²) in [6.07, 6.45) is -1.73. The number of hydrogen-bond donors (Lipinski definition) is 2. The van der Waals surface area contributed by atoms with E-state index >= 15 is 0 Å². The van der Waals surface area contributed by atoms with Crippen LogP contribution < -0.4 is 14.9 Å². The molecule has 9 nitrogen and oxygen atoms in total. The Morgan fingerprint density at radius 1 is 0.830 bits per heavy atom. The van der Waals surface area contributed by atoms with Crippen molar-refractivity contribution in [3.05, 3.63) is 113 Å². The van der Waals surface area contributed by atoms with Crippen LogP contribution in [0.15, 0.2) is 102 Å². The molecule has 0 bridgehead atoms. The molecule has 2 N–H and O–H groups in total. The Bertz CT molecular complexity index is 2010. The van der Waals surface area contributed by atoms with Crippen molar-refractivity contribution in [3.63, 3.8) is 0 Å². The lowest BCUT2D eigenvalue weighted by atomic mass is 10.1. The van der Waals surface area contributed by atoms with Crippen LogP contribution in [0.5, 0.6) is 0 Å². The third-order valence-electron chi connectivity index (χ3n) is 7.56. The summed E-state index contributed by atoms with van der Waals surface area (Å²) in [5.41, 5.74) is 0.643. The van der Waals surface area contributed by atoms with Gasteiger partial charge in [0, 0.05) is 35.1 Å². The van der Waals surface area contributed by atoms with Crippen molar-refractivity contribution >= 4 is 44.6 Å². The first-order valence-corrected chi connectivity index (χ1v) is 16.5. The van der Waals surface area contributed by atoms with Crippen LogP contribution in [-0.2, 0) is 16.2 Å². The fourth-order valence-electron chi connectivity index (χ4n) is 5.29. The Morgan fingerprint density at radius 2 is 1.53 bits per heavy atom. The van der Waals surface area contributed by atoms with Gasteiger partial charge < -0.3 is 10.2 Å². The lowest BCUT2D eigenvalue weighted by Gasteiger charge is -2.30. The summed E-state index contributed by atoms with van der Waals surface area (Å²) < 4.78 is 71.8. The molecule has 47 heavy (non-hydrogen) atoms. The summed E-state index contributed by atoms with van der Waals surface area (Å²) in [5.74, 6) is -0.969. The van der Waals surface area contributed by atoms with Gasteiger partial charge in [-0.2, -0.15) is 13.2 Å². The van der Waals surface area contributed by atoms with E-state index in [4.69, 9.17) is 11.6 Å². The number of carbonyl (C=O) groups excluding carboxylic acids is 1. The first-order valence-electron chi connectivity index (χ1n) is 14.7. The van der Waals surface area contributed by atoms with Gasteiger partial charge in [0.05, 0.1) is 16.9 Å². The molecule has 1 saturated heterocycles. The van der Waals surface area contributed by atoms with Gasteiger partial charge in [-0.05, 0) is 79.9 Å². The predicted molar refractivity (Wildman–Crippen MR) is 175 cm³/mol. The molecule has 242 valence electrons. The maximum absolute atomic E-state index is 13.7. The minimum atomic E-state index is -4.59. The fourth-order valence-corrected chi connectivity index (χ4v) is 6.73. The molecule has 0 atom stereocenters. The largest absolute Gasteiger partial charge is 0.416 e. The van der Waals surface area contributed by atoms with Gasteiger partial charge in [-0.25, -0.2) is 18.1 Å². The van der Waals surface area contributed by atoms with Crippen LogP contribution in [0.1, 0.15) is 35.4 Å². The number of amides is 1. The highest BCUT2D eigenvalue weighted by atomic mass is 35.5. The smallest absolute Gasteiger partial charge is 0.370 e. The zero-order chi connectivity index (χ0) is 33.2. The molecule has 14 heteroatoms. The highest BCUT2D eigenvalue weighted by molar-refractivity contribution is 7.92. The zero-order valence-electron chi connectivity index (χ0n) is 24.7. The van der Waals surface area contributed by atoms with Gasteiger partial charge in [-0.1, -0.05) is 48.0 Å². The Hall–Kier alpha value is -4.88. The standard InChI is InChI=1S/C33H28ClF3N6O3S/c34-24-12-14-25(15-13-24)41-47(45,46)29-21-26(16-17-28(29)42-18-5-2-6-19-42)38-32(44)30-39-31(22-8-3-1-4-9-22)43(40-30)27-11-7-10-23(20-27)33(35,36)37/h1,3-4,7-17,20-21,41H,2,5-6,18-19H2,(H,38,44). The van der Waals surface area contributed by atoms with Crippen molar-refractivity contribution in [2.24, 2.45) is 0 Å². The fraction of sp³-hybridized carbons (Fsp3) is 0.182. The number of benzene rings is 4. The van der Waals surface area contributed by atoms with Gasteiger partial charge >= 0.3 is 6.18 Å². The first-order chi connectivity index (χ1) is 22.5. The number of nitrogens with one attached hydrogen (secondary N) is 2. The number of anilines is 3. The average molecular weight is 681 g/mol. The predicted octanol–water partition coefficient (Wildman–Crippen LogP) is 7.65. The van der Waals surface area contributed by atoms with E-state index in [0.29, 0.717) is 35.1 Å². The van der Waals surface area contributed by atoms with Crippen LogP contribution in [0.3, 0.4) is 0 Å². The van der Waals surface area contributed by atoms with E-state index in [1.165, 1.54) is 22.9 Å². The second kappa shape index (κ2) is 13.1. The van der Waals surface area contributed by atoms with Gasteiger partial charge in [-0.15, -0.1) is 5.10 Å². The normalized spacial score (nSPS) is 13.7. The molecule has 6 rings (SSSR count). The summed E-state index contributed by atoms with van der Waals surface area (Å²) in [7, 11) is -4.13. The molecule has 1 aliphatic heterocycles. The van der Waals surface area contributed by atoms with E-state index in [1.807, 2.05) is 4.90 Å². The minimum Gasteiger partial charge on any atom is -0.370 e. The minimum absolute atomic E-state index is 0.0421. The van der Waals surface area contributed by atoms with Gasteiger partial charge in [0.2, 0.25) is 5.82 Å². The van der Waals surface area contributed by atoms with Crippen molar-refractivity contribution in [3.8, 4) is 17.1 Å². The highest BCUT2D eigenvalue weighted by Gasteiger charge is 2.31. The topological polar surface area (TPSA) is 109 Å². The Morgan fingerprint density at radius 3 is 2.23 bits per heavy atom. The van der Waals surface area contributed by atoms with E-state index in [0.717, 1.165) is 31.4 Å². The number of rotatable bonds is 8.